The van der Waals surface area contributed by atoms with Gasteiger partial charge in [-0.25, -0.2) is 9.59 Å². The maximum Gasteiger partial charge on any atom is 0.414 e. The molecule has 9 heteroatoms. The van der Waals surface area contributed by atoms with Crippen LogP contribution < -0.4 is 10.2 Å². The number of amides is 1. The third-order valence-electron chi connectivity index (χ3n) is 6.23. The fraction of sp³-hybridized carbons (Fsp3) is 0.357. The average Bonchev–Trinajstić information content (AvgIpc) is 2.90. The zero-order valence-corrected chi connectivity index (χ0v) is 21.3. The summed E-state index contributed by atoms with van der Waals surface area (Å²) < 4.78 is 0. The van der Waals surface area contributed by atoms with Gasteiger partial charge in [-0.05, 0) is 36.6 Å². The van der Waals surface area contributed by atoms with E-state index in [9.17, 15) is 4.79 Å². The molecule has 0 radical (unpaired) electrons. The van der Waals surface area contributed by atoms with Crippen LogP contribution in [-0.4, -0.2) is 70.7 Å². The number of pyridine rings is 1. The Morgan fingerprint density at radius 1 is 0.892 bits per heavy atom. The van der Waals surface area contributed by atoms with Gasteiger partial charge in [-0.3, -0.25) is 14.7 Å². The number of piperazine rings is 1. The number of aryl methyl sites for hydroxylation is 1. The van der Waals surface area contributed by atoms with Crippen LogP contribution in [0.3, 0.4) is 0 Å². The van der Waals surface area contributed by atoms with E-state index in [1.807, 2.05) is 24.3 Å². The number of para-hydroxylation sites is 2. The van der Waals surface area contributed by atoms with Crippen molar-refractivity contribution in [3.05, 3.63) is 65.9 Å². The van der Waals surface area contributed by atoms with Gasteiger partial charge in [0.25, 0.3) is 0 Å². The van der Waals surface area contributed by atoms with Crippen LogP contribution in [0.2, 0.25) is 0 Å². The minimum atomic E-state index is -1.82. The number of aromatic nitrogens is 1. The van der Waals surface area contributed by atoms with Crippen LogP contribution in [0, 0.1) is 0 Å². The number of aliphatic carboxylic acids is 2. The van der Waals surface area contributed by atoms with E-state index < -0.39 is 11.9 Å². The molecule has 3 N–H and O–H groups in total. The predicted molar refractivity (Wildman–Crippen MR) is 144 cm³/mol. The summed E-state index contributed by atoms with van der Waals surface area (Å²) >= 11 is 0. The first kappa shape index (κ1) is 27.6. The molecule has 2 aromatic carbocycles. The van der Waals surface area contributed by atoms with Gasteiger partial charge in [-0.15, -0.1) is 0 Å². The van der Waals surface area contributed by atoms with Gasteiger partial charge in [0.05, 0.1) is 17.7 Å². The highest BCUT2D eigenvalue weighted by atomic mass is 16.4. The van der Waals surface area contributed by atoms with Crippen LogP contribution in [0.15, 0.2) is 54.6 Å². The van der Waals surface area contributed by atoms with E-state index in [4.69, 9.17) is 24.8 Å². The van der Waals surface area contributed by atoms with Crippen LogP contribution >= 0.6 is 0 Å². The van der Waals surface area contributed by atoms with Gasteiger partial charge >= 0.3 is 11.9 Å². The zero-order valence-electron chi connectivity index (χ0n) is 21.3. The normalized spacial score (nSPS) is 13.5. The van der Waals surface area contributed by atoms with Gasteiger partial charge < -0.3 is 20.4 Å². The molecule has 0 saturated carbocycles. The third-order valence-corrected chi connectivity index (χ3v) is 6.23. The number of anilines is 2. The first-order valence-electron chi connectivity index (χ1n) is 12.5. The Balaban J connectivity index is 0.000000568. The van der Waals surface area contributed by atoms with E-state index in [1.54, 1.807) is 0 Å². The van der Waals surface area contributed by atoms with Gasteiger partial charge in [-0.2, -0.15) is 0 Å². The number of hydrogen-bond acceptors (Lipinski definition) is 6. The van der Waals surface area contributed by atoms with E-state index in [0.29, 0.717) is 6.54 Å². The molecule has 1 aromatic heterocycles. The molecule has 37 heavy (non-hydrogen) atoms. The van der Waals surface area contributed by atoms with Crippen molar-refractivity contribution in [1.82, 2.24) is 9.88 Å². The molecule has 0 bridgehead atoms. The first-order valence-corrected chi connectivity index (χ1v) is 12.5. The number of carboxylic acid groups (broad SMARTS) is 2. The fourth-order valence-electron chi connectivity index (χ4n) is 4.45. The van der Waals surface area contributed by atoms with Crippen molar-refractivity contribution in [1.29, 1.82) is 0 Å². The second-order valence-electron chi connectivity index (χ2n) is 8.79. The van der Waals surface area contributed by atoms with Crippen LogP contribution in [0.4, 0.5) is 11.4 Å². The smallest absolute Gasteiger partial charge is 0.414 e. The molecule has 1 aliphatic heterocycles. The zero-order chi connectivity index (χ0) is 26.8. The molecule has 9 nitrogen and oxygen atoms in total. The van der Waals surface area contributed by atoms with Crippen LogP contribution in [0.5, 0.6) is 0 Å². The Kier molecular flexibility index (Phi) is 9.97. The highest BCUT2D eigenvalue weighted by Crippen LogP contribution is 2.30. The summed E-state index contributed by atoms with van der Waals surface area (Å²) in [4.78, 5) is 40.7. The molecular formula is C28H34N4O5. The lowest BCUT2D eigenvalue weighted by Crippen LogP contribution is -2.48. The Bertz CT molecular complexity index is 1210. The summed E-state index contributed by atoms with van der Waals surface area (Å²) in [7, 11) is 0. The Labute approximate surface area is 216 Å². The maximum absolute atomic E-state index is 13.0. The Hall–Kier alpha value is -3.98. The summed E-state index contributed by atoms with van der Waals surface area (Å²) in [6.07, 6.45) is 2.83. The molecule has 1 saturated heterocycles. The lowest BCUT2D eigenvalue weighted by Gasteiger charge is -2.35. The molecule has 1 aliphatic rings. The molecule has 0 aliphatic carbocycles. The maximum atomic E-state index is 13.0. The van der Waals surface area contributed by atoms with Gasteiger partial charge in [0.15, 0.2) is 0 Å². The first-order chi connectivity index (χ1) is 17.8. The monoisotopic (exact) mass is 506 g/mol. The van der Waals surface area contributed by atoms with E-state index in [2.05, 4.69) is 59.3 Å². The second-order valence-corrected chi connectivity index (χ2v) is 8.79. The van der Waals surface area contributed by atoms with E-state index in [-0.39, 0.29) is 5.91 Å². The number of nitrogens with zero attached hydrogens (tertiary/aromatic N) is 3. The third kappa shape index (κ3) is 7.50. The fourth-order valence-corrected chi connectivity index (χ4v) is 4.45. The highest BCUT2D eigenvalue weighted by Gasteiger charge is 2.21. The molecule has 1 fully saturated rings. The van der Waals surface area contributed by atoms with Crippen LogP contribution in [0.25, 0.3) is 10.9 Å². The highest BCUT2D eigenvalue weighted by molar-refractivity contribution is 6.27. The summed E-state index contributed by atoms with van der Waals surface area (Å²) in [5, 5.41) is 19.1. The molecule has 0 unspecified atom stereocenters. The van der Waals surface area contributed by atoms with Crippen molar-refractivity contribution in [2.24, 2.45) is 0 Å². The summed E-state index contributed by atoms with van der Waals surface area (Å²) in [6, 6.07) is 18.6. The van der Waals surface area contributed by atoms with Crippen LogP contribution in [-0.2, 0) is 27.2 Å². The Morgan fingerprint density at radius 2 is 1.51 bits per heavy atom. The standard InChI is InChI=1S/C26H32N4O.C2H2O4/c1-3-10-23-21(4-2)26(22-13-8-9-14-24(22)27-23)28-25(31)19-29-15-17-30(18-16-29)20-11-6-5-7-12-20;3-1(4)2(5)6/h5-9,11-14H,3-4,10,15-19H2,1-2H3,(H,27,28,31);(H,3,4)(H,5,6). The summed E-state index contributed by atoms with van der Waals surface area (Å²) in [6.45, 7) is 8.40. The van der Waals surface area contributed by atoms with Gasteiger partial charge in [-0.1, -0.05) is 56.7 Å². The molecule has 0 atom stereocenters. The van der Waals surface area contributed by atoms with Crippen molar-refractivity contribution < 1.29 is 24.6 Å². The van der Waals surface area contributed by atoms with E-state index >= 15 is 0 Å². The summed E-state index contributed by atoms with van der Waals surface area (Å²) in [5.74, 6) is -3.59. The number of rotatable bonds is 7. The number of carbonyl (C=O) groups excluding carboxylic acids is 1. The quantitative estimate of drug-likeness (QED) is 0.415. The van der Waals surface area contributed by atoms with Crippen LogP contribution in [0.1, 0.15) is 31.5 Å². The minimum absolute atomic E-state index is 0.0571. The predicted octanol–water partition coefficient (Wildman–Crippen LogP) is 3.67. The van der Waals surface area contributed by atoms with E-state index in [1.165, 1.54) is 11.3 Å². The van der Waals surface area contributed by atoms with Gasteiger partial charge in [0.2, 0.25) is 5.91 Å². The lowest BCUT2D eigenvalue weighted by atomic mass is 10.0. The summed E-state index contributed by atoms with van der Waals surface area (Å²) in [5.41, 5.74) is 5.43. The molecule has 0 spiro atoms. The van der Waals surface area contributed by atoms with Crippen molar-refractivity contribution in [2.45, 2.75) is 33.1 Å². The molecule has 2 heterocycles. The number of nitrogens with one attached hydrogen (secondary N) is 1. The lowest BCUT2D eigenvalue weighted by molar-refractivity contribution is -0.159. The number of carbonyl (C=O) groups is 3. The molecular weight excluding hydrogens is 472 g/mol. The number of hydrogen-bond donors (Lipinski definition) is 3. The number of fused-ring (bicyclic) bond motifs is 1. The minimum Gasteiger partial charge on any atom is -0.473 e. The van der Waals surface area contributed by atoms with Gasteiger partial charge in [0.1, 0.15) is 0 Å². The van der Waals surface area contributed by atoms with E-state index in [0.717, 1.165) is 67.7 Å². The Morgan fingerprint density at radius 3 is 2.11 bits per heavy atom. The second kappa shape index (κ2) is 13.4. The SMILES string of the molecule is CCCc1nc2ccccc2c(NC(=O)CN2CCN(c3ccccc3)CC2)c1CC.O=C(O)C(=O)O. The molecule has 196 valence electrons. The topological polar surface area (TPSA) is 123 Å². The van der Waals surface area contributed by atoms with Crippen molar-refractivity contribution >= 4 is 40.1 Å². The number of carboxylic acids is 2. The molecule has 4 rings (SSSR count). The van der Waals surface area contributed by atoms with Crippen molar-refractivity contribution in [3.8, 4) is 0 Å². The van der Waals surface area contributed by atoms with Crippen molar-refractivity contribution in [3.63, 3.8) is 0 Å². The largest absolute Gasteiger partial charge is 0.473 e. The molecule has 3 aromatic rings. The average molecular weight is 507 g/mol. The molecule has 1 amide bonds. The van der Waals surface area contributed by atoms with Crippen molar-refractivity contribution in [2.75, 3.05) is 42.9 Å². The van der Waals surface area contributed by atoms with Gasteiger partial charge in [0, 0.05) is 42.9 Å². The number of benzene rings is 2.